The second kappa shape index (κ2) is 7.64. The van der Waals surface area contributed by atoms with Gasteiger partial charge in [0.25, 0.3) is 0 Å². The van der Waals surface area contributed by atoms with E-state index in [0.717, 1.165) is 0 Å². The van der Waals surface area contributed by atoms with Gasteiger partial charge in [0.05, 0.1) is 0 Å². The van der Waals surface area contributed by atoms with E-state index in [2.05, 4.69) is 22.5 Å². The highest BCUT2D eigenvalue weighted by Gasteiger charge is 2.25. The van der Waals surface area contributed by atoms with Gasteiger partial charge >= 0.3 is 5.97 Å². The molecule has 0 aliphatic rings. The molecule has 0 radical (unpaired) electrons. The Bertz CT molecular complexity index is 209. The zero-order chi connectivity index (χ0) is 11.2. The van der Waals surface area contributed by atoms with E-state index in [1.165, 1.54) is 0 Å². The molecule has 0 aromatic rings. The molecule has 0 aromatic heterocycles. The van der Waals surface area contributed by atoms with Crippen molar-refractivity contribution in [1.82, 2.24) is 16.0 Å². The lowest BCUT2D eigenvalue weighted by molar-refractivity contribution is -0.142. The average Bonchev–Trinajstić information content (AvgIpc) is 2.20. The number of carbonyl (C=O) groups is 1. The number of hydrogen-bond donors (Lipinski definition) is 3. The van der Waals surface area contributed by atoms with Crippen molar-refractivity contribution >= 4 is 18.4 Å². The molecular weight excluding hydrogens is 218 g/mol. The summed E-state index contributed by atoms with van der Waals surface area (Å²) in [7, 11) is 5.30. The molecule has 15 heavy (non-hydrogen) atoms. The summed E-state index contributed by atoms with van der Waals surface area (Å²) in [6.07, 6.45) is 0. The van der Waals surface area contributed by atoms with Crippen LogP contribution in [0, 0.1) is 0 Å². The molecule has 5 nitrogen and oxygen atoms in total. The summed E-state index contributed by atoms with van der Waals surface area (Å²) in [4.78, 5) is 11.1. The van der Waals surface area contributed by atoms with Gasteiger partial charge in [-0.2, -0.15) is 0 Å². The van der Waals surface area contributed by atoms with E-state index in [1.807, 2.05) is 0 Å². The maximum Gasteiger partial charge on any atom is 0.333 e. The number of halogens is 1. The minimum atomic E-state index is -0.592. The van der Waals surface area contributed by atoms with Gasteiger partial charge in [-0.05, 0) is 28.1 Å². The van der Waals surface area contributed by atoms with Gasteiger partial charge in [-0.15, -0.1) is 12.4 Å². The number of esters is 1. The Morgan fingerprint density at radius 3 is 1.93 bits per heavy atom. The average molecular weight is 238 g/mol. The highest BCUT2D eigenvalue weighted by atomic mass is 35.5. The van der Waals surface area contributed by atoms with Gasteiger partial charge in [-0.1, -0.05) is 6.58 Å². The van der Waals surface area contributed by atoms with Crippen molar-refractivity contribution in [3.63, 3.8) is 0 Å². The lowest BCUT2D eigenvalue weighted by atomic mass is 10.3. The first-order chi connectivity index (χ1) is 6.51. The van der Waals surface area contributed by atoms with Gasteiger partial charge in [0.15, 0.2) is 5.79 Å². The Morgan fingerprint density at radius 1 is 1.27 bits per heavy atom. The van der Waals surface area contributed by atoms with Crippen molar-refractivity contribution in [3.05, 3.63) is 12.2 Å². The van der Waals surface area contributed by atoms with Crippen LogP contribution in [0.3, 0.4) is 0 Å². The fraction of sp³-hybridized carbons (Fsp3) is 0.667. The molecule has 3 N–H and O–H groups in total. The number of ether oxygens (including phenoxy) is 1. The molecule has 0 fully saturated rings. The largest absolute Gasteiger partial charge is 0.457 e. The van der Waals surface area contributed by atoms with Crippen LogP contribution in [0.1, 0.15) is 6.92 Å². The molecule has 0 bridgehead atoms. The van der Waals surface area contributed by atoms with Gasteiger partial charge in [0, 0.05) is 5.57 Å². The van der Waals surface area contributed by atoms with Crippen LogP contribution in [-0.2, 0) is 9.53 Å². The predicted molar refractivity (Wildman–Crippen MR) is 62.9 cm³/mol. The van der Waals surface area contributed by atoms with Crippen LogP contribution in [0.15, 0.2) is 12.2 Å². The monoisotopic (exact) mass is 237 g/mol. The second-order valence-corrected chi connectivity index (χ2v) is 3.01. The van der Waals surface area contributed by atoms with Crippen LogP contribution >= 0.6 is 12.4 Å². The molecule has 0 amide bonds. The molecule has 0 saturated carbocycles. The fourth-order valence-corrected chi connectivity index (χ4v) is 0.889. The van der Waals surface area contributed by atoms with Crippen LogP contribution in [0.2, 0.25) is 0 Å². The van der Waals surface area contributed by atoms with Crippen molar-refractivity contribution in [2.45, 2.75) is 12.7 Å². The summed E-state index contributed by atoms with van der Waals surface area (Å²) in [5, 5.41) is 8.94. The van der Waals surface area contributed by atoms with Gasteiger partial charge in [0.2, 0.25) is 0 Å². The van der Waals surface area contributed by atoms with Gasteiger partial charge in [-0.3, -0.25) is 16.0 Å². The fourth-order valence-electron chi connectivity index (χ4n) is 0.889. The standard InChI is InChI=1S/C9H19N3O2.ClH/c1-7(2)8(13)14-6-9(10-3,11-4)12-5;/h10-12H,1,6H2,2-5H3;1H. The van der Waals surface area contributed by atoms with Gasteiger partial charge in [-0.25, -0.2) is 4.79 Å². The van der Waals surface area contributed by atoms with Crippen LogP contribution in [0.4, 0.5) is 0 Å². The van der Waals surface area contributed by atoms with Crippen molar-refractivity contribution in [2.24, 2.45) is 0 Å². The minimum Gasteiger partial charge on any atom is -0.457 e. The minimum absolute atomic E-state index is 0. The summed E-state index contributed by atoms with van der Waals surface area (Å²) in [6.45, 7) is 5.29. The van der Waals surface area contributed by atoms with Crippen LogP contribution in [0.5, 0.6) is 0 Å². The van der Waals surface area contributed by atoms with Crippen molar-refractivity contribution in [3.8, 4) is 0 Å². The summed E-state index contributed by atoms with van der Waals surface area (Å²) in [6, 6.07) is 0. The van der Waals surface area contributed by atoms with Crippen LogP contribution in [-0.4, -0.2) is 39.5 Å². The highest BCUT2D eigenvalue weighted by Crippen LogP contribution is 1.98. The first-order valence-corrected chi connectivity index (χ1v) is 4.40. The van der Waals surface area contributed by atoms with Crippen LogP contribution < -0.4 is 16.0 Å². The predicted octanol–water partition coefficient (Wildman–Crippen LogP) is -0.160. The summed E-state index contributed by atoms with van der Waals surface area (Å²) < 4.78 is 5.02. The summed E-state index contributed by atoms with van der Waals surface area (Å²) in [5.41, 5.74) is 0.391. The van der Waals surface area contributed by atoms with E-state index in [0.29, 0.717) is 5.57 Å². The maximum absolute atomic E-state index is 11.1. The summed E-state index contributed by atoms with van der Waals surface area (Å²) in [5.74, 6) is -0.986. The Hall–Kier alpha value is -0.620. The molecule has 0 saturated heterocycles. The number of rotatable bonds is 6. The zero-order valence-corrected chi connectivity index (χ0v) is 10.5. The molecule has 6 heteroatoms. The van der Waals surface area contributed by atoms with E-state index < -0.39 is 11.8 Å². The lowest BCUT2D eigenvalue weighted by Crippen LogP contribution is -2.66. The SMILES string of the molecule is C=C(C)C(=O)OCC(NC)(NC)NC.Cl. The Morgan fingerprint density at radius 2 is 1.67 bits per heavy atom. The van der Waals surface area contributed by atoms with E-state index in [9.17, 15) is 4.79 Å². The normalized spacial score (nSPS) is 10.4. The van der Waals surface area contributed by atoms with Gasteiger partial charge in [0.1, 0.15) is 6.61 Å². The number of nitrogens with one attached hydrogen (secondary N) is 3. The van der Waals surface area contributed by atoms with Crippen molar-refractivity contribution < 1.29 is 9.53 Å². The topological polar surface area (TPSA) is 62.4 Å². The van der Waals surface area contributed by atoms with Crippen molar-refractivity contribution in [1.29, 1.82) is 0 Å². The number of hydrogen-bond acceptors (Lipinski definition) is 5. The highest BCUT2D eigenvalue weighted by molar-refractivity contribution is 5.86. The molecule has 0 aliphatic carbocycles. The third-order valence-corrected chi connectivity index (χ3v) is 2.05. The molecular formula is C9H20ClN3O2. The molecule has 0 rings (SSSR count). The Kier molecular flexibility index (Phi) is 8.56. The lowest BCUT2D eigenvalue weighted by Gasteiger charge is -2.31. The van der Waals surface area contributed by atoms with E-state index in [1.54, 1.807) is 28.1 Å². The second-order valence-electron chi connectivity index (χ2n) is 3.01. The quantitative estimate of drug-likeness (QED) is 0.341. The van der Waals surface area contributed by atoms with E-state index in [4.69, 9.17) is 4.74 Å². The van der Waals surface area contributed by atoms with Gasteiger partial charge < -0.3 is 4.74 Å². The molecule has 0 spiro atoms. The molecule has 90 valence electrons. The third-order valence-electron chi connectivity index (χ3n) is 2.05. The molecule has 0 atom stereocenters. The molecule has 0 heterocycles. The molecule has 0 aliphatic heterocycles. The first kappa shape index (κ1) is 16.8. The van der Waals surface area contributed by atoms with Crippen LogP contribution in [0.25, 0.3) is 0 Å². The Balaban J connectivity index is 0. The molecule has 0 unspecified atom stereocenters. The zero-order valence-electron chi connectivity index (χ0n) is 9.64. The third kappa shape index (κ3) is 5.13. The summed E-state index contributed by atoms with van der Waals surface area (Å²) >= 11 is 0. The first-order valence-electron chi connectivity index (χ1n) is 4.40. The van der Waals surface area contributed by atoms with E-state index in [-0.39, 0.29) is 19.0 Å². The number of likely N-dealkylation sites (N-methyl/N-ethyl adjacent to an activating group) is 3. The van der Waals surface area contributed by atoms with Crippen molar-refractivity contribution in [2.75, 3.05) is 27.7 Å². The smallest absolute Gasteiger partial charge is 0.333 e. The molecule has 0 aromatic carbocycles. The Labute approximate surface area is 97.0 Å². The number of carbonyl (C=O) groups excluding carboxylic acids is 1. The maximum atomic E-state index is 11.1. The van der Waals surface area contributed by atoms with E-state index >= 15 is 0 Å².